The third-order valence-corrected chi connectivity index (χ3v) is 7.88. The van der Waals surface area contributed by atoms with E-state index in [1.165, 1.54) is 0 Å². The first-order chi connectivity index (χ1) is 18.9. The number of nitrogens with zero attached hydrogens (tertiary/aromatic N) is 1. The number of aliphatic hydroxyl groups is 1. The Morgan fingerprint density at radius 1 is 1.00 bits per heavy atom. The molecular formula is C32H40N2O5. The quantitative estimate of drug-likeness (QED) is 0.436. The summed E-state index contributed by atoms with van der Waals surface area (Å²) in [4.78, 5) is 41.6. The van der Waals surface area contributed by atoms with Crippen molar-refractivity contribution in [3.63, 3.8) is 0 Å². The standard InChI is InChI=1S/C32H40N2O5/c1-22(2)29-21-39-32(38)26(16-23-10-4-3-5-11-23)14-8-7-13-25(31(37)33-29)18-30(36)34-19-27-15-9-6-12-24(27)17-28(34)20-35/h3-12,15,22,25-26,28-29,35H,13-14,16-21H2,1-2H3,(H,33,37)/t25-,26-,28+,29-/m1/s1. The lowest BCUT2D eigenvalue weighted by molar-refractivity contribution is -0.150. The van der Waals surface area contributed by atoms with Crippen LogP contribution in [-0.2, 0) is 38.5 Å². The summed E-state index contributed by atoms with van der Waals surface area (Å²) in [7, 11) is 0. The van der Waals surface area contributed by atoms with Crippen molar-refractivity contribution in [3.05, 3.63) is 83.4 Å². The molecule has 2 N–H and O–H groups in total. The molecule has 0 aliphatic carbocycles. The number of hydrogen-bond acceptors (Lipinski definition) is 5. The molecule has 2 heterocycles. The fraction of sp³-hybridized carbons (Fsp3) is 0.469. The molecule has 7 nitrogen and oxygen atoms in total. The Bertz CT molecular complexity index is 1160. The highest BCUT2D eigenvalue weighted by molar-refractivity contribution is 5.86. The minimum atomic E-state index is -0.561. The summed E-state index contributed by atoms with van der Waals surface area (Å²) in [5.41, 5.74) is 3.29. The van der Waals surface area contributed by atoms with Crippen molar-refractivity contribution >= 4 is 17.8 Å². The van der Waals surface area contributed by atoms with Crippen molar-refractivity contribution in [2.75, 3.05) is 13.2 Å². The van der Waals surface area contributed by atoms with Crippen molar-refractivity contribution in [1.29, 1.82) is 0 Å². The molecule has 2 amide bonds. The number of carbonyl (C=O) groups is 3. The van der Waals surface area contributed by atoms with E-state index in [1.807, 2.05) is 80.6 Å². The predicted octanol–water partition coefficient (Wildman–Crippen LogP) is 3.83. The van der Waals surface area contributed by atoms with Gasteiger partial charge in [-0.15, -0.1) is 0 Å². The first-order valence-electron chi connectivity index (χ1n) is 14.0. The third-order valence-electron chi connectivity index (χ3n) is 7.88. The summed E-state index contributed by atoms with van der Waals surface area (Å²) >= 11 is 0. The number of cyclic esters (lactones) is 1. The zero-order valence-corrected chi connectivity index (χ0v) is 22.9. The normalized spacial score (nSPS) is 24.3. The first-order valence-corrected chi connectivity index (χ1v) is 14.0. The van der Waals surface area contributed by atoms with Crippen molar-refractivity contribution < 1.29 is 24.2 Å². The van der Waals surface area contributed by atoms with Crippen LogP contribution in [0.4, 0.5) is 0 Å². The smallest absolute Gasteiger partial charge is 0.309 e. The SMILES string of the molecule is CC(C)[C@H]1COC(=O)[C@@H](Cc2ccccc2)CC=CC[C@H](CC(=O)N2Cc3ccccc3C[C@H]2CO)C(=O)N1. The lowest BCUT2D eigenvalue weighted by Crippen LogP contribution is -2.49. The second-order valence-corrected chi connectivity index (χ2v) is 11.1. The van der Waals surface area contributed by atoms with Gasteiger partial charge in [0.1, 0.15) is 6.61 Å². The molecule has 0 bridgehead atoms. The van der Waals surface area contributed by atoms with Crippen molar-refractivity contribution in [2.24, 2.45) is 17.8 Å². The van der Waals surface area contributed by atoms with E-state index in [0.717, 1.165) is 16.7 Å². The maximum atomic E-state index is 13.5. The molecule has 208 valence electrons. The highest BCUT2D eigenvalue weighted by Gasteiger charge is 2.33. The predicted molar refractivity (Wildman–Crippen MR) is 149 cm³/mol. The molecule has 4 atom stereocenters. The molecule has 0 aromatic heterocycles. The van der Waals surface area contributed by atoms with Crippen LogP contribution in [0, 0.1) is 17.8 Å². The average molecular weight is 533 g/mol. The fourth-order valence-electron chi connectivity index (χ4n) is 5.33. The van der Waals surface area contributed by atoms with Gasteiger partial charge in [-0.1, -0.05) is 80.6 Å². The van der Waals surface area contributed by atoms with Gasteiger partial charge in [0.2, 0.25) is 11.8 Å². The van der Waals surface area contributed by atoms with Crippen LogP contribution in [0.25, 0.3) is 0 Å². The number of ether oxygens (including phenoxy) is 1. The Kier molecular flexibility index (Phi) is 9.93. The summed E-state index contributed by atoms with van der Waals surface area (Å²) in [5, 5.41) is 13.1. The number of benzene rings is 2. The molecule has 7 heteroatoms. The molecule has 0 saturated heterocycles. The number of carbonyl (C=O) groups excluding carboxylic acids is 3. The van der Waals surface area contributed by atoms with Crippen molar-refractivity contribution in [3.8, 4) is 0 Å². The average Bonchev–Trinajstić information content (AvgIpc) is 2.94. The van der Waals surface area contributed by atoms with E-state index in [-0.39, 0.29) is 61.3 Å². The molecule has 4 rings (SSSR count). The van der Waals surface area contributed by atoms with E-state index in [0.29, 0.717) is 32.2 Å². The van der Waals surface area contributed by atoms with Gasteiger partial charge in [-0.25, -0.2) is 0 Å². The highest BCUT2D eigenvalue weighted by Crippen LogP contribution is 2.26. The third kappa shape index (κ3) is 7.57. The zero-order valence-electron chi connectivity index (χ0n) is 22.9. The van der Waals surface area contributed by atoms with Gasteiger partial charge in [-0.3, -0.25) is 14.4 Å². The lowest BCUT2D eigenvalue weighted by atomic mass is 9.91. The second kappa shape index (κ2) is 13.6. The monoisotopic (exact) mass is 532 g/mol. The minimum absolute atomic E-state index is 0.0431. The summed E-state index contributed by atoms with van der Waals surface area (Å²) in [6.45, 7) is 4.34. The van der Waals surface area contributed by atoms with Crippen LogP contribution < -0.4 is 5.32 Å². The molecule has 2 aromatic carbocycles. The van der Waals surface area contributed by atoms with Crippen LogP contribution in [0.15, 0.2) is 66.7 Å². The van der Waals surface area contributed by atoms with Crippen LogP contribution in [0.5, 0.6) is 0 Å². The van der Waals surface area contributed by atoms with Gasteiger partial charge in [0.15, 0.2) is 0 Å². The molecule has 0 fully saturated rings. The maximum Gasteiger partial charge on any atom is 0.309 e. The molecule has 2 aliphatic rings. The van der Waals surface area contributed by atoms with Gasteiger partial charge in [0.05, 0.1) is 30.5 Å². The van der Waals surface area contributed by atoms with Crippen LogP contribution in [-0.4, -0.2) is 53.1 Å². The Hall–Kier alpha value is -3.45. The molecule has 0 radical (unpaired) electrons. The summed E-state index contributed by atoms with van der Waals surface area (Å²) in [5.74, 6) is -1.47. The van der Waals surface area contributed by atoms with Crippen LogP contribution in [0.1, 0.15) is 49.8 Å². The largest absolute Gasteiger partial charge is 0.463 e. The van der Waals surface area contributed by atoms with Crippen molar-refractivity contribution in [1.82, 2.24) is 10.2 Å². The topological polar surface area (TPSA) is 95.9 Å². The van der Waals surface area contributed by atoms with Crippen LogP contribution >= 0.6 is 0 Å². The van der Waals surface area contributed by atoms with Crippen LogP contribution in [0.2, 0.25) is 0 Å². The summed E-state index contributed by atoms with van der Waals surface area (Å²) < 4.78 is 5.70. The van der Waals surface area contributed by atoms with E-state index >= 15 is 0 Å². The number of esters is 1. The summed E-state index contributed by atoms with van der Waals surface area (Å²) in [6, 6.07) is 17.2. The van der Waals surface area contributed by atoms with E-state index in [2.05, 4.69) is 5.32 Å². The van der Waals surface area contributed by atoms with Gasteiger partial charge in [-0.05, 0) is 48.3 Å². The van der Waals surface area contributed by atoms with Crippen molar-refractivity contribution in [2.45, 2.75) is 64.6 Å². The minimum Gasteiger partial charge on any atom is -0.463 e. The zero-order chi connectivity index (χ0) is 27.8. The molecule has 0 saturated carbocycles. The number of aliphatic hydroxyl groups excluding tert-OH is 1. The lowest BCUT2D eigenvalue weighted by Gasteiger charge is -2.37. The maximum absolute atomic E-state index is 13.5. The molecule has 0 spiro atoms. The van der Waals surface area contributed by atoms with Gasteiger partial charge >= 0.3 is 5.97 Å². The molecule has 2 aliphatic heterocycles. The Labute approximate surface area is 231 Å². The van der Waals surface area contributed by atoms with Gasteiger partial charge in [-0.2, -0.15) is 0 Å². The number of fused-ring (bicyclic) bond motifs is 1. The number of hydrogen-bond donors (Lipinski definition) is 2. The number of allylic oxidation sites excluding steroid dienone is 2. The molecule has 39 heavy (non-hydrogen) atoms. The Morgan fingerprint density at radius 3 is 2.36 bits per heavy atom. The number of nitrogens with one attached hydrogen (secondary N) is 1. The summed E-state index contributed by atoms with van der Waals surface area (Å²) in [6.07, 6.45) is 5.94. The van der Waals surface area contributed by atoms with E-state index in [1.54, 1.807) is 4.90 Å². The van der Waals surface area contributed by atoms with Gasteiger partial charge in [0, 0.05) is 13.0 Å². The Morgan fingerprint density at radius 2 is 1.67 bits per heavy atom. The van der Waals surface area contributed by atoms with Gasteiger partial charge < -0.3 is 20.1 Å². The fourth-order valence-corrected chi connectivity index (χ4v) is 5.33. The molecular weight excluding hydrogens is 492 g/mol. The Balaban J connectivity index is 1.50. The second-order valence-electron chi connectivity index (χ2n) is 11.1. The number of amides is 2. The molecule has 0 unspecified atom stereocenters. The van der Waals surface area contributed by atoms with E-state index in [4.69, 9.17) is 4.74 Å². The first kappa shape index (κ1) is 28.6. The van der Waals surface area contributed by atoms with Crippen LogP contribution in [0.3, 0.4) is 0 Å². The number of rotatable bonds is 6. The van der Waals surface area contributed by atoms with E-state index < -0.39 is 5.92 Å². The van der Waals surface area contributed by atoms with Gasteiger partial charge in [0.25, 0.3) is 0 Å². The highest BCUT2D eigenvalue weighted by atomic mass is 16.5. The molecule has 2 aromatic rings. The van der Waals surface area contributed by atoms with E-state index in [9.17, 15) is 19.5 Å².